The van der Waals surface area contributed by atoms with Crippen molar-refractivity contribution < 1.29 is 4.79 Å². The Balaban J connectivity index is 2.06. The zero-order valence-corrected chi connectivity index (χ0v) is 10.0. The number of hydrogen-bond donors (Lipinski definition) is 0. The van der Waals surface area contributed by atoms with Gasteiger partial charge in [-0.05, 0) is 37.2 Å². The third-order valence-corrected chi connectivity index (χ3v) is 3.77. The molecule has 0 bridgehead atoms. The van der Waals surface area contributed by atoms with Gasteiger partial charge < -0.3 is 4.90 Å². The van der Waals surface area contributed by atoms with Crippen LogP contribution in [0, 0.1) is 12.8 Å². The molecule has 0 aliphatic carbocycles. The highest BCUT2D eigenvalue weighted by Gasteiger charge is 2.23. The first kappa shape index (κ1) is 10.6. The van der Waals surface area contributed by atoms with Crippen molar-refractivity contribution in [1.29, 1.82) is 0 Å². The molecule has 0 unspecified atom stereocenters. The Morgan fingerprint density at radius 2 is 2.20 bits per heavy atom. The Labute approximate surface area is 94.3 Å². The molecule has 1 saturated heterocycles. The number of carbonyl (C=O) groups is 1. The van der Waals surface area contributed by atoms with Gasteiger partial charge in [0.2, 0.25) is 0 Å². The first-order chi connectivity index (χ1) is 7.18. The molecule has 0 aromatic carbocycles. The first-order valence-electron chi connectivity index (χ1n) is 5.38. The number of rotatable bonds is 1. The minimum absolute atomic E-state index is 0.160. The van der Waals surface area contributed by atoms with Gasteiger partial charge in [-0.2, -0.15) is 4.37 Å². The summed E-state index contributed by atoms with van der Waals surface area (Å²) in [5.74, 6) is 0.920. The van der Waals surface area contributed by atoms with Gasteiger partial charge in [0.15, 0.2) is 0 Å². The fourth-order valence-corrected chi connectivity index (χ4v) is 2.57. The Kier molecular flexibility index (Phi) is 3.05. The lowest BCUT2D eigenvalue weighted by molar-refractivity contribution is 0.0697. The molecule has 1 aromatic heterocycles. The van der Waals surface area contributed by atoms with E-state index in [9.17, 15) is 4.79 Å². The second kappa shape index (κ2) is 4.31. The molecular formula is C11H16N2OS. The molecule has 3 nitrogen and oxygen atoms in total. The van der Waals surface area contributed by atoms with Gasteiger partial charge >= 0.3 is 0 Å². The van der Waals surface area contributed by atoms with Crippen LogP contribution in [0.2, 0.25) is 0 Å². The number of hydrogen-bond acceptors (Lipinski definition) is 3. The van der Waals surface area contributed by atoms with Crippen LogP contribution in [0.5, 0.6) is 0 Å². The summed E-state index contributed by atoms with van der Waals surface area (Å²) in [6, 6.07) is 0. The third kappa shape index (κ3) is 2.20. The second-order valence-electron chi connectivity index (χ2n) is 4.29. The molecule has 1 aromatic rings. The number of carbonyl (C=O) groups excluding carboxylic acids is 1. The van der Waals surface area contributed by atoms with Crippen LogP contribution in [0.4, 0.5) is 0 Å². The van der Waals surface area contributed by atoms with Crippen molar-refractivity contribution in [3.05, 3.63) is 16.6 Å². The molecule has 0 radical (unpaired) electrons. The average Bonchev–Trinajstić information content (AvgIpc) is 2.65. The van der Waals surface area contributed by atoms with E-state index in [2.05, 4.69) is 11.3 Å². The van der Waals surface area contributed by atoms with Gasteiger partial charge in [0.1, 0.15) is 0 Å². The molecule has 2 heterocycles. The van der Waals surface area contributed by atoms with E-state index in [0.717, 1.165) is 43.1 Å². The summed E-state index contributed by atoms with van der Waals surface area (Å²) < 4.78 is 4.14. The van der Waals surface area contributed by atoms with Crippen LogP contribution >= 0.6 is 11.5 Å². The summed E-state index contributed by atoms with van der Waals surface area (Å²) in [4.78, 5) is 14.0. The Morgan fingerprint density at radius 3 is 2.73 bits per heavy atom. The molecule has 2 rings (SSSR count). The molecule has 1 aliphatic heterocycles. The van der Waals surface area contributed by atoms with Crippen molar-refractivity contribution in [2.45, 2.75) is 26.7 Å². The fourth-order valence-electron chi connectivity index (χ4n) is 1.88. The van der Waals surface area contributed by atoms with Gasteiger partial charge in [0.25, 0.3) is 5.91 Å². The number of aryl methyl sites for hydroxylation is 1. The molecule has 0 spiro atoms. The quantitative estimate of drug-likeness (QED) is 0.733. The van der Waals surface area contributed by atoms with Crippen LogP contribution in [-0.2, 0) is 0 Å². The molecule has 0 N–H and O–H groups in total. The second-order valence-corrected chi connectivity index (χ2v) is 4.92. The summed E-state index contributed by atoms with van der Waals surface area (Å²) in [6.07, 6.45) is 2.25. The number of amides is 1. The Hall–Kier alpha value is -0.900. The molecule has 1 aliphatic rings. The highest BCUT2D eigenvalue weighted by Crippen LogP contribution is 2.19. The van der Waals surface area contributed by atoms with Crippen molar-refractivity contribution in [3.63, 3.8) is 0 Å². The van der Waals surface area contributed by atoms with Gasteiger partial charge in [-0.25, -0.2) is 0 Å². The van der Waals surface area contributed by atoms with Crippen LogP contribution < -0.4 is 0 Å². The van der Waals surface area contributed by atoms with Gasteiger partial charge in [-0.3, -0.25) is 4.79 Å². The number of piperidine rings is 1. The summed E-state index contributed by atoms with van der Waals surface area (Å²) in [7, 11) is 0. The van der Waals surface area contributed by atoms with Crippen LogP contribution in [0.1, 0.15) is 35.8 Å². The number of aromatic nitrogens is 1. The summed E-state index contributed by atoms with van der Waals surface area (Å²) in [5, 5.41) is 1.86. The number of likely N-dealkylation sites (tertiary alicyclic amines) is 1. The molecule has 0 atom stereocenters. The minimum atomic E-state index is 0.160. The van der Waals surface area contributed by atoms with Gasteiger partial charge in [0.05, 0.1) is 11.3 Å². The van der Waals surface area contributed by atoms with Gasteiger partial charge in [-0.1, -0.05) is 6.92 Å². The van der Waals surface area contributed by atoms with Crippen molar-refractivity contribution in [1.82, 2.24) is 9.27 Å². The summed E-state index contributed by atoms with van der Waals surface area (Å²) >= 11 is 1.36. The maximum atomic E-state index is 12.1. The summed E-state index contributed by atoms with van der Waals surface area (Å²) in [5.41, 5.74) is 1.65. The molecular weight excluding hydrogens is 208 g/mol. The van der Waals surface area contributed by atoms with Crippen molar-refractivity contribution in [2.75, 3.05) is 13.1 Å². The largest absolute Gasteiger partial charge is 0.339 e. The lowest BCUT2D eigenvalue weighted by atomic mass is 9.99. The lowest BCUT2D eigenvalue weighted by Gasteiger charge is -2.30. The zero-order chi connectivity index (χ0) is 10.8. The predicted molar refractivity (Wildman–Crippen MR) is 61.2 cm³/mol. The topological polar surface area (TPSA) is 33.2 Å². The molecule has 1 amide bonds. The lowest BCUT2D eigenvalue weighted by Crippen LogP contribution is -2.38. The minimum Gasteiger partial charge on any atom is -0.339 e. The Bertz CT molecular complexity index is 353. The van der Waals surface area contributed by atoms with Crippen molar-refractivity contribution >= 4 is 17.4 Å². The van der Waals surface area contributed by atoms with E-state index in [1.54, 1.807) is 0 Å². The van der Waals surface area contributed by atoms with Gasteiger partial charge in [0, 0.05) is 18.5 Å². The van der Waals surface area contributed by atoms with E-state index in [0.29, 0.717) is 0 Å². The van der Waals surface area contributed by atoms with Gasteiger partial charge in [-0.15, -0.1) is 0 Å². The fraction of sp³-hybridized carbons (Fsp3) is 0.636. The maximum Gasteiger partial charge on any atom is 0.256 e. The predicted octanol–water partition coefficient (Wildman–Crippen LogP) is 2.32. The van der Waals surface area contributed by atoms with Crippen LogP contribution in [0.25, 0.3) is 0 Å². The third-order valence-electron chi connectivity index (χ3n) is 3.05. The van der Waals surface area contributed by atoms with E-state index in [-0.39, 0.29) is 5.91 Å². The van der Waals surface area contributed by atoms with E-state index < -0.39 is 0 Å². The smallest absolute Gasteiger partial charge is 0.256 e. The molecule has 82 valence electrons. The molecule has 4 heteroatoms. The van der Waals surface area contributed by atoms with Crippen molar-refractivity contribution in [2.24, 2.45) is 5.92 Å². The zero-order valence-electron chi connectivity index (χ0n) is 9.19. The van der Waals surface area contributed by atoms with E-state index in [1.807, 2.05) is 17.2 Å². The summed E-state index contributed by atoms with van der Waals surface area (Å²) in [6.45, 7) is 5.94. The Morgan fingerprint density at radius 1 is 1.53 bits per heavy atom. The SMILES string of the molecule is Cc1nscc1C(=O)N1CCC(C)CC1. The van der Waals surface area contributed by atoms with Crippen LogP contribution in [-0.4, -0.2) is 28.3 Å². The van der Waals surface area contributed by atoms with E-state index in [1.165, 1.54) is 11.5 Å². The molecule has 1 fully saturated rings. The first-order valence-corrected chi connectivity index (χ1v) is 6.22. The van der Waals surface area contributed by atoms with E-state index in [4.69, 9.17) is 0 Å². The van der Waals surface area contributed by atoms with Crippen molar-refractivity contribution in [3.8, 4) is 0 Å². The average molecular weight is 224 g/mol. The monoisotopic (exact) mass is 224 g/mol. The maximum absolute atomic E-state index is 12.1. The standard InChI is InChI=1S/C11H16N2OS/c1-8-3-5-13(6-4-8)11(14)10-7-15-12-9(10)2/h7-8H,3-6H2,1-2H3. The van der Waals surface area contributed by atoms with Crippen LogP contribution in [0.3, 0.4) is 0 Å². The number of nitrogens with zero attached hydrogens (tertiary/aromatic N) is 2. The highest BCUT2D eigenvalue weighted by molar-refractivity contribution is 7.03. The molecule has 0 saturated carbocycles. The normalized spacial score (nSPS) is 18.1. The highest BCUT2D eigenvalue weighted by atomic mass is 32.1. The molecule has 15 heavy (non-hydrogen) atoms. The van der Waals surface area contributed by atoms with Crippen LogP contribution in [0.15, 0.2) is 5.38 Å². The van der Waals surface area contributed by atoms with E-state index >= 15 is 0 Å².